The molecular formula is C17H21NO2. The van der Waals surface area contributed by atoms with E-state index in [2.05, 4.69) is 30.3 Å². The zero-order chi connectivity index (χ0) is 13.8. The van der Waals surface area contributed by atoms with E-state index in [0.717, 1.165) is 32.5 Å². The maximum absolute atomic E-state index is 6.61. The van der Waals surface area contributed by atoms with E-state index in [1.165, 1.54) is 11.1 Å². The maximum Gasteiger partial charge on any atom is 0.0935 e. The first-order valence-electron chi connectivity index (χ1n) is 7.21. The van der Waals surface area contributed by atoms with Gasteiger partial charge in [0.2, 0.25) is 0 Å². The first kappa shape index (κ1) is 13.4. The Morgan fingerprint density at radius 2 is 1.85 bits per heavy atom. The first-order chi connectivity index (χ1) is 9.81. The molecule has 1 aliphatic heterocycles. The molecule has 3 rings (SSSR count). The minimum atomic E-state index is 0.0107. The van der Waals surface area contributed by atoms with Gasteiger partial charge in [0.05, 0.1) is 12.5 Å². The summed E-state index contributed by atoms with van der Waals surface area (Å²) in [5.41, 5.74) is 9.12. The van der Waals surface area contributed by atoms with Crippen LogP contribution in [0.25, 0.3) is 0 Å². The molecule has 2 aromatic rings. The Hall–Kier alpha value is -1.58. The lowest BCUT2D eigenvalue weighted by Crippen LogP contribution is -2.50. The Morgan fingerprint density at radius 1 is 1.10 bits per heavy atom. The average molecular weight is 271 g/mol. The van der Waals surface area contributed by atoms with Gasteiger partial charge in [0.15, 0.2) is 0 Å². The number of nitrogens with two attached hydrogens (primary N) is 1. The van der Waals surface area contributed by atoms with Gasteiger partial charge in [-0.25, -0.2) is 0 Å². The van der Waals surface area contributed by atoms with Crippen LogP contribution in [0.1, 0.15) is 24.0 Å². The normalized spacial score (nSPS) is 19.6. The van der Waals surface area contributed by atoms with Crippen molar-refractivity contribution in [1.29, 1.82) is 0 Å². The Labute approximate surface area is 119 Å². The smallest absolute Gasteiger partial charge is 0.0935 e. The summed E-state index contributed by atoms with van der Waals surface area (Å²) < 4.78 is 10.7. The third-order valence-corrected chi connectivity index (χ3v) is 4.48. The van der Waals surface area contributed by atoms with Crippen molar-refractivity contribution in [3.8, 4) is 0 Å². The molecular weight excluding hydrogens is 250 g/mol. The molecule has 1 aromatic heterocycles. The van der Waals surface area contributed by atoms with Crippen LogP contribution in [0, 0.1) is 0 Å². The molecule has 3 nitrogen and oxygen atoms in total. The lowest BCUT2D eigenvalue weighted by molar-refractivity contribution is 0.0400. The lowest BCUT2D eigenvalue weighted by atomic mass is 9.67. The van der Waals surface area contributed by atoms with E-state index >= 15 is 0 Å². The topological polar surface area (TPSA) is 48.4 Å². The van der Waals surface area contributed by atoms with Crippen LogP contribution in [0.2, 0.25) is 0 Å². The van der Waals surface area contributed by atoms with Gasteiger partial charge in [0.25, 0.3) is 0 Å². The average Bonchev–Trinajstić information content (AvgIpc) is 3.02. The van der Waals surface area contributed by atoms with Crippen molar-refractivity contribution in [2.75, 3.05) is 13.2 Å². The zero-order valence-corrected chi connectivity index (χ0v) is 11.6. The summed E-state index contributed by atoms with van der Waals surface area (Å²) in [6.45, 7) is 1.57. The first-order valence-corrected chi connectivity index (χ1v) is 7.21. The summed E-state index contributed by atoms with van der Waals surface area (Å²) >= 11 is 0. The summed E-state index contributed by atoms with van der Waals surface area (Å²) in [5.74, 6) is 0. The second-order valence-corrected chi connectivity index (χ2v) is 5.58. The molecule has 0 saturated carbocycles. The highest BCUT2D eigenvalue weighted by Gasteiger charge is 2.39. The van der Waals surface area contributed by atoms with Crippen LogP contribution >= 0.6 is 0 Å². The van der Waals surface area contributed by atoms with Crippen molar-refractivity contribution in [1.82, 2.24) is 0 Å². The molecule has 1 saturated heterocycles. The molecule has 1 atom stereocenters. The maximum atomic E-state index is 6.61. The Kier molecular flexibility index (Phi) is 3.90. The molecule has 20 heavy (non-hydrogen) atoms. The number of rotatable bonds is 4. The number of benzene rings is 1. The Morgan fingerprint density at radius 3 is 2.50 bits per heavy atom. The zero-order valence-electron chi connectivity index (χ0n) is 11.6. The SMILES string of the molecule is NC(Cc1ccoc1)C1(c2ccccc2)CCOCC1. The molecule has 1 aromatic carbocycles. The number of hydrogen-bond acceptors (Lipinski definition) is 3. The van der Waals surface area contributed by atoms with Gasteiger partial charge < -0.3 is 14.9 Å². The molecule has 2 N–H and O–H groups in total. The fourth-order valence-electron chi connectivity index (χ4n) is 3.24. The molecule has 3 heteroatoms. The Bertz CT molecular complexity index is 515. The van der Waals surface area contributed by atoms with E-state index in [1.54, 1.807) is 12.5 Å². The largest absolute Gasteiger partial charge is 0.472 e. The van der Waals surface area contributed by atoms with Crippen molar-refractivity contribution in [2.45, 2.75) is 30.7 Å². The van der Waals surface area contributed by atoms with Crippen LogP contribution in [-0.2, 0) is 16.6 Å². The molecule has 1 fully saturated rings. The standard InChI is InChI=1S/C17H21NO2/c18-16(12-14-6-9-20-13-14)17(7-10-19-11-8-17)15-4-2-1-3-5-15/h1-6,9,13,16H,7-8,10-12,18H2. The van der Waals surface area contributed by atoms with Gasteiger partial charge in [-0.15, -0.1) is 0 Å². The van der Waals surface area contributed by atoms with Crippen molar-refractivity contribution < 1.29 is 9.15 Å². The molecule has 0 aliphatic carbocycles. The predicted molar refractivity (Wildman–Crippen MR) is 78.6 cm³/mol. The third kappa shape index (κ3) is 2.51. The van der Waals surface area contributed by atoms with Crippen LogP contribution in [0.15, 0.2) is 53.3 Å². The van der Waals surface area contributed by atoms with Crippen molar-refractivity contribution in [3.05, 3.63) is 60.1 Å². The third-order valence-electron chi connectivity index (χ3n) is 4.48. The predicted octanol–water partition coefficient (Wildman–Crippen LogP) is 2.90. The van der Waals surface area contributed by atoms with E-state index in [9.17, 15) is 0 Å². The van der Waals surface area contributed by atoms with Crippen molar-refractivity contribution >= 4 is 0 Å². The van der Waals surface area contributed by atoms with E-state index in [1.807, 2.05) is 6.07 Å². The molecule has 0 spiro atoms. The van der Waals surface area contributed by atoms with Crippen LogP contribution in [0.5, 0.6) is 0 Å². The number of hydrogen-bond donors (Lipinski definition) is 1. The number of furan rings is 1. The summed E-state index contributed by atoms with van der Waals surface area (Å²) in [5, 5.41) is 0. The van der Waals surface area contributed by atoms with Crippen LogP contribution in [-0.4, -0.2) is 19.3 Å². The molecule has 1 aliphatic rings. The van der Waals surface area contributed by atoms with Gasteiger partial charge in [-0.3, -0.25) is 0 Å². The summed E-state index contributed by atoms with van der Waals surface area (Å²) in [6, 6.07) is 12.7. The van der Waals surface area contributed by atoms with E-state index in [-0.39, 0.29) is 11.5 Å². The molecule has 106 valence electrons. The second kappa shape index (κ2) is 5.81. The highest BCUT2D eigenvalue weighted by Crippen LogP contribution is 2.38. The minimum Gasteiger partial charge on any atom is -0.472 e. The van der Waals surface area contributed by atoms with Gasteiger partial charge in [0.1, 0.15) is 0 Å². The van der Waals surface area contributed by atoms with E-state index < -0.39 is 0 Å². The van der Waals surface area contributed by atoms with Gasteiger partial charge in [-0.05, 0) is 36.5 Å². The highest BCUT2D eigenvalue weighted by atomic mass is 16.5. The molecule has 0 amide bonds. The highest BCUT2D eigenvalue weighted by molar-refractivity contribution is 5.29. The molecule has 2 heterocycles. The van der Waals surface area contributed by atoms with Crippen LogP contribution in [0.4, 0.5) is 0 Å². The van der Waals surface area contributed by atoms with Crippen molar-refractivity contribution in [3.63, 3.8) is 0 Å². The van der Waals surface area contributed by atoms with Gasteiger partial charge >= 0.3 is 0 Å². The van der Waals surface area contributed by atoms with E-state index in [0.29, 0.717) is 0 Å². The number of ether oxygens (including phenoxy) is 1. The monoisotopic (exact) mass is 271 g/mol. The molecule has 1 unspecified atom stereocenters. The second-order valence-electron chi connectivity index (χ2n) is 5.58. The molecule has 0 bridgehead atoms. The summed E-state index contributed by atoms with van der Waals surface area (Å²) in [6.07, 6.45) is 6.30. The van der Waals surface area contributed by atoms with Crippen LogP contribution < -0.4 is 5.73 Å². The van der Waals surface area contributed by atoms with Crippen molar-refractivity contribution in [2.24, 2.45) is 5.73 Å². The van der Waals surface area contributed by atoms with Crippen LogP contribution in [0.3, 0.4) is 0 Å². The van der Waals surface area contributed by atoms with Gasteiger partial charge in [0, 0.05) is 24.7 Å². The van der Waals surface area contributed by atoms with E-state index in [4.69, 9.17) is 14.9 Å². The fraction of sp³-hybridized carbons (Fsp3) is 0.412. The molecule has 0 radical (unpaired) electrons. The Balaban J connectivity index is 1.89. The fourth-order valence-corrected chi connectivity index (χ4v) is 3.24. The van der Waals surface area contributed by atoms with Gasteiger partial charge in [-0.1, -0.05) is 30.3 Å². The summed E-state index contributed by atoms with van der Waals surface area (Å²) in [4.78, 5) is 0. The minimum absolute atomic E-state index is 0.0107. The lowest BCUT2D eigenvalue weighted by Gasteiger charge is -2.42. The quantitative estimate of drug-likeness (QED) is 0.930. The summed E-state index contributed by atoms with van der Waals surface area (Å²) in [7, 11) is 0. The van der Waals surface area contributed by atoms with Gasteiger partial charge in [-0.2, -0.15) is 0 Å².